The highest BCUT2D eigenvalue weighted by Gasteiger charge is 2.33. The van der Waals surface area contributed by atoms with E-state index in [0.29, 0.717) is 23.0 Å². The fourth-order valence-electron chi connectivity index (χ4n) is 3.36. The van der Waals surface area contributed by atoms with Gasteiger partial charge in [-0.25, -0.2) is 8.42 Å². The van der Waals surface area contributed by atoms with Crippen LogP contribution in [0.4, 0.5) is 0 Å². The second-order valence-electron chi connectivity index (χ2n) is 8.45. The molecule has 3 rings (SSSR count). The molecule has 1 aromatic carbocycles. The lowest BCUT2D eigenvalue weighted by Crippen LogP contribution is -2.16. The van der Waals surface area contributed by atoms with Crippen LogP contribution in [0.1, 0.15) is 61.8 Å². The van der Waals surface area contributed by atoms with Gasteiger partial charge in [0.25, 0.3) is 0 Å². The van der Waals surface area contributed by atoms with Gasteiger partial charge in [-0.3, -0.25) is 4.79 Å². The first-order valence-electron chi connectivity index (χ1n) is 9.39. The average molecular weight is 422 g/mol. The summed E-state index contributed by atoms with van der Waals surface area (Å²) in [6, 6.07) is 7.77. The number of benzene rings is 1. The van der Waals surface area contributed by atoms with Gasteiger partial charge < -0.3 is 4.57 Å². The van der Waals surface area contributed by atoms with Crippen LogP contribution in [0.5, 0.6) is 0 Å². The Morgan fingerprint density at radius 3 is 2.39 bits per heavy atom. The van der Waals surface area contributed by atoms with Gasteiger partial charge in [-0.05, 0) is 24.3 Å². The Hall–Kier alpha value is -1.67. The summed E-state index contributed by atoms with van der Waals surface area (Å²) in [5, 5.41) is 8.72. The number of Topliss-reactive ketones (excluding diaryl/α,β-unsaturated/α-hetero) is 1. The van der Waals surface area contributed by atoms with Crippen LogP contribution in [0.3, 0.4) is 0 Å². The summed E-state index contributed by atoms with van der Waals surface area (Å²) in [4.78, 5) is 12.8. The Morgan fingerprint density at radius 1 is 1.21 bits per heavy atom. The van der Waals surface area contributed by atoms with Crippen molar-refractivity contribution < 1.29 is 13.2 Å². The van der Waals surface area contributed by atoms with Crippen LogP contribution in [-0.4, -0.2) is 45.7 Å². The number of hydrogen-bond donors (Lipinski definition) is 0. The summed E-state index contributed by atoms with van der Waals surface area (Å²) < 4.78 is 25.3. The maximum absolute atomic E-state index is 12.8. The zero-order valence-electron chi connectivity index (χ0n) is 17.0. The minimum Gasteiger partial charge on any atom is -0.309 e. The van der Waals surface area contributed by atoms with Crippen LogP contribution < -0.4 is 0 Å². The van der Waals surface area contributed by atoms with Crippen molar-refractivity contribution in [1.82, 2.24) is 14.8 Å². The molecular weight excluding hydrogens is 394 g/mol. The van der Waals surface area contributed by atoms with Crippen LogP contribution in [0.15, 0.2) is 29.4 Å². The van der Waals surface area contributed by atoms with Gasteiger partial charge in [0.05, 0.1) is 16.8 Å². The second kappa shape index (κ2) is 7.63. The van der Waals surface area contributed by atoms with E-state index in [1.54, 1.807) is 0 Å². The van der Waals surface area contributed by atoms with Gasteiger partial charge in [-0.1, -0.05) is 56.8 Å². The minimum absolute atomic E-state index is 0.0402. The molecule has 0 spiro atoms. The zero-order chi connectivity index (χ0) is 20.7. The molecular formula is C20H27N3O3S2. The van der Waals surface area contributed by atoms with E-state index in [1.165, 1.54) is 17.3 Å². The summed E-state index contributed by atoms with van der Waals surface area (Å²) in [6.07, 6.45) is 0.577. The maximum atomic E-state index is 12.8. The molecule has 2 aromatic rings. The molecule has 2 atom stereocenters. The van der Waals surface area contributed by atoms with Gasteiger partial charge >= 0.3 is 0 Å². The van der Waals surface area contributed by atoms with Crippen molar-refractivity contribution in [3.8, 4) is 0 Å². The Balaban J connectivity index is 1.71. The first-order valence-corrected chi connectivity index (χ1v) is 12.1. The molecule has 1 fully saturated rings. The van der Waals surface area contributed by atoms with Gasteiger partial charge in [0.1, 0.15) is 5.82 Å². The third-order valence-electron chi connectivity index (χ3n) is 5.15. The molecule has 1 saturated heterocycles. The molecule has 2 unspecified atom stereocenters. The van der Waals surface area contributed by atoms with Crippen molar-refractivity contribution in [2.75, 3.05) is 11.5 Å². The molecule has 0 amide bonds. The zero-order valence-corrected chi connectivity index (χ0v) is 18.6. The Kier molecular flexibility index (Phi) is 5.74. The van der Waals surface area contributed by atoms with E-state index in [1.807, 2.05) is 42.8 Å². The normalized spacial score (nSPS) is 20.2. The molecule has 6 nitrogen and oxygen atoms in total. The quantitative estimate of drug-likeness (QED) is 0.544. The molecule has 0 saturated carbocycles. The number of thioether (sulfide) groups is 1. The molecule has 0 bridgehead atoms. The number of hydrogen-bond acceptors (Lipinski definition) is 6. The number of nitrogens with zero attached hydrogens (tertiary/aromatic N) is 3. The third-order valence-corrected chi connectivity index (χ3v) is 8.05. The molecule has 28 heavy (non-hydrogen) atoms. The van der Waals surface area contributed by atoms with Gasteiger partial charge in [-0.15, -0.1) is 10.2 Å². The molecule has 1 aliphatic rings. The summed E-state index contributed by atoms with van der Waals surface area (Å²) in [6.45, 7) is 8.29. The Labute approximate surface area is 171 Å². The highest BCUT2D eigenvalue weighted by molar-refractivity contribution is 8.00. The number of rotatable bonds is 5. The summed E-state index contributed by atoms with van der Waals surface area (Å²) >= 11 is 1.35. The fourth-order valence-corrected chi connectivity index (χ4v) is 6.00. The summed E-state index contributed by atoms with van der Waals surface area (Å²) in [5.74, 6) is 0.925. The van der Waals surface area contributed by atoms with Gasteiger partial charge in [0, 0.05) is 18.5 Å². The molecule has 152 valence electrons. The monoisotopic (exact) mass is 421 g/mol. The van der Waals surface area contributed by atoms with Crippen LogP contribution in [0.25, 0.3) is 0 Å². The van der Waals surface area contributed by atoms with E-state index in [-0.39, 0.29) is 33.9 Å². The fraction of sp³-hybridized carbons (Fsp3) is 0.550. The van der Waals surface area contributed by atoms with Gasteiger partial charge in [0.2, 0.25) is 0 Å². The lowest BCUT2D eigenvalue weighted by molar-refractivity contribution is 0.0993. The Bertz CT molecular complexity index is 973. The van der Waals surface area contributed by atoms with Crippen LogP contribution >= 0.6 is 11.8 Å². The van der Waals surface area contributed by atoms with E-state index >= 15 is 0 Å². The van der Waals surface area contributed by atoms with Crippen LogP contribution in [0, 0.1) is 0 Å². The third kappa shape index (κ3) is 4.49. The predicted octanol–water partition coefficient (Wildman–Crippen LogP) is 3.38. The van der Waals surface area contributed by atoms with Gasteiger partial charge in [-0.2, -0.15) is 0 Å². The second-order valence-corrected chi connectivity index (χ2v) is 12.0. The van der Waals surface area contributed by atoms with E-state index in [0.717, 1.165) is 0 Å². The molecule has 8 heteroatoms. The number of carbonyl (C=O) groups excluding carboxylic acids is 1. The molecule has 2 heterocycles. The van der Waals surface area contributed by atoms with Crippen molar-refractivity contribution >= 4 is 27.4 Å². The largest absolute Gasteiger partial charge is 0.309 e. The smallest absolute Gasteiger partial charge is 0.191 e. The van der Waals surface area contributed by atoms with Crippen molar-refractivity contribution in [1.29, 1.82) is 0 Å². The van der Waals surface area contributed by atoms with E-state index < -0.39 is 9.84 Å². The highest BCUT2D eigenvalue weighted by Crippen LogP contribution is 2.31. The lowest BCUT2D eigenvalue weighted by Gasteiger charge is -2.19. The number of carbonyl (C=O) groups is 1. The van der Waals surface area contributed by atoms with E-state index in [4.69, 9.17) is 0 Å². The van der Waals surface area contributed by atoms with Crippen LogP contribution in [-0.2, 0) is 22.3 Å². The average Bonchev–Trinajstić information content (AvgIpc) is 3.16. The van der Waals surface area contributed by atoms with E-state index in [9.17, 15) is 13.2 Å². The summed E-state index contributed by atoms with van der Waals surface area (Å²) in [5.41, 5.74) is 1.91. The first-order chi connectivity index (χ1) is 13.0. The standard InChI is InChI=1S/C20H27N3O3S2/c1-13(17(24)14-6-8-16(9-7-14)20(2,3)4)27-19-22-21-18(23(19)5)15-10-11-28(25,26)12-15/h6-9,13,15H,10-12H2,1-5H3. The number of aromatic nitrogens is 3. The number of sulfone groups is 1. The first kappa shape index (κ1) is 21.0. The highest BCUT2D eigenvalue weighted by atomic mass is 32.2. The Morgan fingerprint density at radius 2 is 1.86 bits per heavy atom. The van der Waals surface area contributed by atoms with Crippen molar-refractivity contribution in [3.63, 3.8) is 0 Å². The minimum atomic E-state index is -2.98. The summed E-state index contributed by atoms with van der Waals surface area (Å²) in [7, 11) is -1.15. The molecule has 1 aliphatic heterocycles. The molecule has 0 aliphatic carbocycles. The molecule has 0 radical (unpaired) electrons. The SMILES string of the molecule is CC(Sc1nnc(C2CCS(=O)(=O)C2)n1C)C(=O)c1ccc(C(C)(C)C)cc1. The van der Waals surface area contributed by atoms with E-state index in [2.05, 4.69) is 31.0 Å². The topological polar surface area (TPSA) is 81.9 Å². The van der Waals surface area contributed by atoms with Crippen molar-refractivity contribution in [2.45, 2.75) is 55.9 Å². The molecule has 1 aromatic heterocycles. The lowest BCUT2D eigenvalue weighted by atomic mass is 9.86. The van der Waals surface area contributed by atoms with Crippen molar-refractivity contribution in [3.05, 3.63) is 41.2 Å². The molecule has 0 N–H and O–H groups in total. The predicted molar refractivity (Wildman–Crippen MR) is 112 cm³/mol. The van der Waals surface area contributed by atoms with Crippen molar-refractivity contribution in [2.24, 2.45) is 7.05 Å². The number of ketones is 1. The van der Waals surface area contributed by atoms with Gasteiger partial charge in [0.15, 0.2) is 20.8 Å². The maximum Gasteiger partial charge on any atom is 0.191 e. The van der Waals surface area contributed by atoms with Crippen LogP contribution in [0.2, 0.25) is 0 Å².